The molecule has 1 saturated heterocycles. The first-order valence-corrected chi connectivity index (χ1v) is 13.1. The van der Waals surface area contributed by atoms with E-state index in [1.807, 2.05) is 69.5 Å². The summed E-state index contributed by atoms with van der Waals surface area (Å²) in [6.07, 6.45) is 3.54. The van der Waals surface area contributed by atoms with Gasteiger partial charge in [0.25, 0.3) is 0 Å². The van der Waals surface area contributed by atoms with Crippen LogP contribution in [0.2, 0.25) is 5.02 Å². The molecule has 202 valence electrons. The van der Waals surface area contributed by atoms with Crippen molar-refractivity contribution >= 4 is 46.2 Å². The molecular formula is C28H36ClN7O2. The first-order chi connectivity index (χ1) is 18.3. The third kappa shape index (κ3) is 6.28. The Labute approximate surface area is 229 Å². The molecule has 38 heavy (non-hydrogen) atoms. The van der Waals surface area contributed by atoms with Crippen LogP contribution in [0.25, 0.3) is 0 Å². The predicted molar refractivity (Wildman–Crippen MR) is 156 cm³/mol. The van der Waals surface area contributed by atoms with Gasteiger partial charge in [0.2, 0.25) is 11.9 Å². The maximum absolute atomic E-state index is 12.8. The number of hydrogen-bond donors (Lipinski definition) is 2. The van der Waals surface area contributed by atoms with Crippen LogP contribution in [0.3, 0.4) is 0 Å². The number of hydrogen-bond acceptors (Lipinski definition) is 8. The van der Waals surface area contributed by atoms with Crippen molar-refractivity contribution in [1.29, 1.82) is 0 Å². The standard InChI is InChI=1S/C28H36ClN7O2/c1-30-21-10-7-6-9-19(21)15-22-20(29)18-31-28(32-22)33-23-16-25(36-12-8-11-27(36)37)24(17-26(23)38-5)35(4)14-13-34(2)3/h6-7,9-10,16-18,30H,8,11-15H2,1-5H3,(H,31,32,33). The molecule has 2 aromatic carbocycles. The van der Waals surface area contributed by atoms with E-state index in [1.165, 1.54) is 0 Å². The number of methoxy groups -OCH3 is 1. The molecule has 0 spiro atoms. The van der Waals surface area contributed by atoms with Crippen molar-refractivity contribution < 1.29 is 9.53 Å². The normalized spacial score (nSPS) is 13.2. The van der Waals surface area contributed by atoms with E-state index in [0.29, 0.717) is 47.5 Å². The van der Waals surface area contributed by atoms with Gasteiger partial charge in [0, 0.05) is 58.3 Å². The number of anilines is 5. The summed E-state index contributed by atoms with van der Waals surface area (Å²) >= 11 is 6.49. The van der Waals surface area contributed by atoms with Crippen molar-refractivity contribution in [1.82, 2.24) is 14.9 Å². The van der Waals surface area contributed by atoms with Crippen LogP contribution in [0.4, 0.5) is 28.7 Å². The smallest absolute Gasteiger partial charge is 0.227 e. The Kier molecular flexibility index (Phi) is 8.91. The van der Waals surface area contributed by atoms with Gasteiger partial charge in [-0.2, -0.15) is 0 Å². The highest BCUT2D eigenvalue weighted by Gasteiger charge is 2.27. The zero-order valence-electron chi connectivity index (χ0n) is 22.7. The van der Waals surface area contributed by atoms with Gasteiger partial charge in [-0.1, -0.05) is 29.8 Å². The van der Waals surface area contributed by atoms with Gasteiger partial charge < -0.3 is 30.1 Å². The van der Waals surface area contributed by atoms with Gasteiger partial charge in [-0.25, -0.2) is 9.97 Å². The van der Waals surface area contributed by atoms with Crippen LogP contribution in [-0.2, 0) is 11.2 Å². The minimum absolute atomic E-state index is 0.122. The van der Waals surface area contributed by atoms with Crippen LogP contribution in [0.5, 0.6) is 5.75 Å². The largest absolute Gasteiger partial charge is 0.494 e. The lowest BCUT2D eigenvalue weighted by Gasteiger charge is -2.29. The average Bonchev–Trinajstić information content (AvgIpc) is 3.34. The minimum atomic E-state index is 0.122. The summed E-state index contributed by atoms with van der Waals surface area (Å²) in [4.78, 5) is 28.0. The Morgan fingerprint density at radius 1 is 1.13 bits per heavy atom. The second-order valence-corrected chi connectivity index (χ2v) is 10.0. The zero-order chi connectivity index (χ0) is 27.2. The molecule has 0 unspecified atom stereocenters. The van der Waals surface area contributed by atoms with Crippen LogP contribution in [-0.4, -0.2) is 75.7 Å². The van der Waals surface area contributed by atoms with Gasteiger partial charge in [0.15, 0.2) is 0 Å². The van der Waals surface area contributed by atoms with Crippen LogP contribution in [0.1, 0.15) is 24.1 Å². The van der Waals surface area contributed by atoms with Gasteiger partial charge in [-0.3, -0.25) is 4.79 Å². The summed E-state index contributed by atoms with van der Waals surface area (Å²) in [5.74, 6) is 1.15. The molecule has 4 rings (SSSR count). The van der Waals surface area contributed by atoms with Gasteiger partial charge in [-0.05, 0) is 38.2 Å². The molecule has 0 atom stereocenters. The van der Waals surface area contributed by atoms with E-state index in [0.717, 1.165) is 42.1 Å². The second kappa shape index (κ2) is 12.3. The third-order valence-electron chi connectivity index (χ3n) is 6.66. The Balaban J connectivity index is 1.69. The molecule has 0 bridgehead atoms. The number of likely N-dealkylation sites (N-methyl/N-ethyl adjacent to an activating group) is 2. The van der Waals surface area contributed by atoms with Gasteiger partial charge in [-0.15, -0.1) is 0 Å². The molecule has 2 heterocycles. The van der Waals surface area contributed by atoms with Crippen molar-refractivity contribution in [3.05, 3.63) is 58.9 Å². The topological polar surface area (TPSA) is 85.9 Å². The lowest BCUT2D eigenvalue weighted by Crippen LogP contribution is -2.31. The van der Waals surface area contributed by atoms with E-state index >= 15 is 0 Å². The average molecular weight is 538 g/mol. The van der Waals surface area contributed by atoms with Crippen LogP contribution < -0.4 is 25.2 Å². The van der Waals surface area contributed by atoms with E-state index in [4.69, 9.17) is 21.3 Å². The maximum atomic E-state index is 12.8. The monoisotopic (exact) mass is 537 g/mol. The number of amides is 1. The molecule has 1 aliphatic heterocycles. The van der Waals surface area contributed by atoms with E-state index in [1.54, 1.807) is 13.3 Å². The number of benzene rings is 2. The van der Waals surface area contributed by atoms with Crippen LogP contribution in [0.15, 0.2) is 42.6 Å². The molecular weight excluding hydrogens is 502 g/mol. The molecule has 1 fully saturated rings. The highest BCUT2D eigenvalue weighted by atomic mass is 35.5. The molecule has 1 aliphatic rings. The van der Waals surface area contributed by atoms with Crippen molar-refractivity contribution in [2.24, 2.45) is 0 Å². The van der Waals surface area contributed by atoms with E-state index in [2.05, 4.69) is 25.4 Å². The number of nitrogens with one attached hydrogen (secondary N) is 2. The summed E-state index contributed by atoms with van der Waals surface area (Å²) in [6, 6.07) is 12.0. The van der Waals surface area contributed by atoms with Gasteiger partial charge in [0.05, 0.1) is 41.1 Å². The lowest BCUT2D eigenvalue weighted by atomic mass is 10.1. The number of carbonyl (C=O) groups is 1. The van der Waals surface area contributed by atoms with Crippen molar-refractivity contribution in [2.75, 3.05) is 75.4 Å². The molecule has 1 amide bonds. The van der Waals surface area contributed by atoms with Crippen molar-refractivity contribution in [3.63, 3.8) is 0 Å². The maximum Gasteiger partial charge on any atom is 0.227 e. The molecule has 9 nitrogen and oxygen atoms in total. The van der Waals surface area contributed by atoms with E-state index in [-0.39, 0.29) is 5.91 Å². The number of ether oxygens (including phenoxy) is 1. The number of aromatic nitrogens is 2. The van der Waals surface area contributed by atoms with E-state index < -0.39 is 0 Å². The molecule has 10 heteroatoms. The number of para-hydroxylation sites is 1. The molecule has 0 radical (unpaired) electrons. The van der Waals surface area contributed by atoms with Crippen molar-refractivity contribution in [3.8, 4) is 5.75 Å². The summed E-state index contributed by atoms with van der Waals surface area (Å²) < 4.78 is 5.77. The Bertz CT molecular complexity index is 1280. The van der Waals surface area contributed by atoms with Gasteiger partial charge in [0.1, 0.15) is 5.75 Å². The summed E-state index contributed by atoms with van der Waals surface area (Å²) in [6.45, 7) is 2.37. The fourth-order valence-corrected chi connectivity index (χ4v) is 4.68. The Morgan fingerprint density at radius 3 is 2.61 bits per heavy atom. The number of rotatable bonds is 11. The molecule has 1 aromatic heterocycles. The fourth-order valence-electron chi connectivity index (χ4n) is 4.53. The Hall–Kier alpha value is -3.56. The van der Waals surface area contributed by atoms with E-state index in [9.17, 15) is 4.79 Å². The summed E-state index contributed by atoms with van der Waals surface area (Å²) in [5, 5.41) is 7.02. The highest BCUT2D eigenvalue weighted by Crippen LogP contribution is 2.41. The number of carbonyl (C=O) groups excluding carboxylic acids is 1. The molecule has 3 aromatic rings. The zero-order valence-corrected chi connectivity index (χ0v) is 23.5. The lowest BCUT2D eigenvalue weighted by molar-refractivity contribution is -0.117. The fraction of sp³-hybridized carbons (Fsp3) is 0.393. The molecule has 0 saturated carbocycles. The van der Waals surface area contributed by atoms with Crippen molar-refractivity contribution in [2.45, 2.75) is 19.3 Å². The minimum Gasteiger partial charge on any atom is -0.494 e. The summed E-state index contributed by atoms with van der Waals surface area (Å²) in [5.41, 5.74) is 5.27. The highest BCUT2D eigenvalue weighted by molar-refractivity contribution is 6.31. The van der Waals surface area contributed by atoms with Crippen LogP contribution in [0, 0.1) is 0 Å². The first kappa shape index (κ1) is 27.5. The molecule has 2 N–H and O–H groups in total. The van der Waals surface area contributed by atoms with Crippen LogP contribution >= 0.6 is 11.6 Å². The third-order valence-corrected chi connectivity index (χ3v) is 6.98. The molecule has 0 aliphatic carbocycles. The number of nitrogens with zero attached hydrogens (tertiary/aromatic N) is 5. The Morgan fingerprint density at radius 2 is 1.92 bits per heavy atom. The second-order valence-electron chi connectivity index (χ2n) is 9.61. The predicted octanol–water partition coefficient (Wildman–Crippen LogP) is 4.64. The van der Waals surface area contributed by atoms with Gasteiger partial charge >= 0.3 is 0 Å². The SMILES string of the molecule is CNc1ccccc1Cc1nc(Nc2cc(N3CCCC3=O)c(N(C)CCN(C)C)cc2OC)ncc1Cl. The quantitative estimate of drug-likeness (QED) is 0.366. The summed E-state index contributed by atoms with van der Waals surface area (Å²) in [7, 11) is 9.65. The first-order valence-electron chi connectivity index (χ1n) is 12.7. The number of halogens is 1.